The number of anilines is 1. The maximum Gasteiger partial charge on any atom is 0.375 e. The topological polar surface area (TPSA) is 114 Å². The second-order valence-electron chi connectivity index (χ2n) is 3.50. The summed E-state index contributed by atoms with van der Waals surface area (Å²) in [6.45, 7) is 1.96. The Morgan fingerprint density at radius 1 is 1.56 bits per heavy atom. The van der Waals surface area contributed by atoms with Crippen molar-refractivity contribution in [2.24, 2.45) is 0 Å². The third-order valence-corrected chi connectivity index (χ3v) is 2.24. The Morgan fingerprint density at radius 3 is 3.00 bits per heavy atom. The molecule has 0 aliphatic carbocycles. The molecular weight excluding hydrogens is 236 g/mol. The highest BCUT2D eigenvalue weighted by molar-refractivity contribution is 5.85. The Morgan fingerprint density at radius 2 is 2.33 bits per heavy atom. The number of nitrogens with one attached hydrogen (secondary N) is 1. The van der Waals surface area contributed by atoms with Gasteiger partial charge in [0, 0.05) is 5.56 Å². The number of H-pyrrole nitrogens is 1. The second-order valence-corrected chi connectivity index (χ2v) is 3.50. The number of esters is 1. The standard InChI is InChI=1S/C11H12N4O3/c1-2-18-11(17)10-13-9(14-15-10)6-3-4-7(12)8(16)5-6/h3-5,16H,2,12H2,1H3,(H,13,14,15). The molecule has 18 heavy (non-hydrogen) atoms. The van der Waals surface area contributed by atoms with Crippen molar-refractivity contribution in [1.82, 2.24) is 15.2 Å². The monoisotopic (exact) mass is 248 g/mol. The van der Waals surface area contributed by atoms with Gasteiger partial charge in [-0.25, -0.2) is 9.78 Å². The lowest BCUT2D eigenvalue weighted by molar-refractivity contribution is 0.0512. The van der Waals surface area contributed by atoms with Crippen LogP contribution in [0.1, 0.15) is 17.5 Å². The van der Waals surface area contributed by atoms with Gasteiger partial charge in [-0.3, -0.25) is 5.10 Å². The number of phenols is 1. The van der Waals surface area contributed by atoms with E-state index in [0.717, 1.165) is 0 Å². The number of ether oxygens (including phenoxy) is 1. The van der Waals surface area contributed by atoms with Gasteiger partial charge < -0.3 is 15.6 Å². The normalized spacial score (nSPS) is 10.3. The fourth-order valence-corrected chi connectivity index (χ4v) is 1.36. The van der Waals surface area contributed by atoms with Gasteiger partial charge in [0.15, 0.2) is 5.82 Å². The number of carbonyl (C=O) groups excluding carboxylic acids is 1. The molecule has 1 aromatic carbocycles. The van der Waals surface area contributed by atoms with E-state index in [2.05, 4.69) is 15.2 Å². The molecule has 0 unspecified atom stereocenters. The first-order valence-electron chi connectivity index (χ1n) is 5.30. The molecule has 0 amide bonds. The number of nitrogen functional groups attached to an aromatic ring is 1. The van der Waals surface area contributed by atoms with Crippen molar-refractivity contribution in [2.75, 3.05) is 12.3 Å². The molecule has 7 heteroatoms. The minimum absolute atomic E-state index is 0.0168. The average Bonchev–Trinajstić information content (AvgIpc) is 2.82. The van der Waals surface area contributed by atoms with Gasteiger partial charge in [-0.15, -0.1) is 0 Å². The van der Waals surface area contributed by atoms with Crippen LogP contribution < -0.4 is 5.73 Å². The number of aromatic nitrogens is 3. The summed E-state index contributed by atoms with van der Waals surface area (Å²) >= 11 is 0. The summed E-state index contributed by atoms with van der Waals surface area (Å²) in [4.78, 5) is 15.4. The Kier molecular flexibility index (Phi) is 3.13. The summed E-state index contributed by atoms with van der Waals surface area (Å²) in [5.74, 6) is -0.331. The molecule has 0 aliphatic heterocycles. The number of hydrogen-bond acceptors (Lipinski definition) is 6. The lowest BCUT2D eigenvalue weighted by atomic mass is 10.2. The summed E-state index contributed by atoms with van der Waals surface area (Å²) in [5.41, 5.74) is 6.30. The van der Waals surface area contributed by atoms with Gasteiger partial charge in [0.05, 0.1) is 12.3 Å². The molecule has 0 fully saturated rings. The molecule has 1 aromatic heterocycles. The number of phenolic OH excluding ortho intramolecular Hbond substituents is 1. The molecule has 0 aliphatic rings. The van der Waals surface area contributed by atoms with Gasteiger partial charge in [-0.1, -0.05) is 0 Å². The molecule has 0 saturated heterocycles. The van der Waals surface area contributed by atoms with E-state index in [9.17, 15) is 9.90 Å². The zero-order chi connectivity index (χ0) is 13.1. The zero-order valence-electron chi connectivity index (χ0n) is 9.67. The van der Waals surface area contributed by atoms with E-state index in [0.29, 0.717) is 5.56 Å². The summed E-state index contributed by atoms with van der Waals surface area (Å²) in [6, 6.07) is 4.60. The lowest BCUT2D eigenvalue weighted by Crippen LogP contribution is -2.06. The second kappa shape index (κ2) is 4.74. The molecule has 0 radical (unpaired) electrons. The molecular formula is C11H12N4O3. The van der Waals surface area contributed by atoms with Gasteiger partial charge in [-0.2, -0.15) is 5.10 Å². The van der Waals surface area contributed by atoms with E-state index in [1.807, 2.05) is 0 Å². The zero-order valence-corrected chi connectivity index (χ0v) is 9.67. The predicted molar refractivity (Wildman–Crippen MR) is 63.9 cm³/mol. The van der Waals surface area contributed by atoms with Gasteiger partial charge in [0.1, 0.15) is 5.75 Å². The first kappa shape index (κ1) is 11.9. The van der Waals surface area contributed by atoms with Crippen LogP contribution in [0, 0.1) is 0 Å². The maximum absolute atomic E-state index is 11.4. The van der Waals surface area contributed by atoms with Crippen molar-refractivity contribution in [3.05, 3.63) is 24.0 Å². The fourth-order valence-electron chi connectivity index (χ4n) is 1.36. The van der Waals surface area contributed by atoms with Crippen LogP contribution in [0.5, 0.6) is 5.75 Å². The first-order chi connectivity index (χ1) is 8.61. The van der Waals surface area contributed by atoms with Crippen LogP contribution in [0.25, 0.3) is 11.4 Å². The third-order valence-electron chi connectivity index (χ3n) is 2.24. The van der Waals surface area contributed by atoms with Gasteiger partial charge in [0.25, 0.3) is 0 Å². The predicted octanol–water partition coefficient (Wildman–Crippen LogP) is 0.936. The first-order valence-corrected chi connectivity index (χ1v) is 5.30. The quantitative estimate of drug-likeness (QED) is 0.423. The number of rotatable bonds is 3. The van der Waals surface area contributed by atoms with Crippen molar-refractivity contribution < 1.29 is 14.6 Å². The average molecular weight is 248 g/mol. The highest BCUT2D eigenvalue weighted by Gasteiger charge is 2.14. The van der Waals surface area contributed by atoms with Crippen LogP contribution in [0.15, 0.2) is 18.2 Å². The fraction of sp³-hybridized carbons (Fsp3) is 0.182. The molecule has 0 saturated carbocycles. The van der Waals surface area contributed by atoms with E-state index in [4.69, 9.17) is 10.5 Å². The van der Waals surface area contributed by atoms with Gasteiger partial charge >= 0.3 is 5.97 Å². The SMILES string of the molecule is CCOC(=O)c1nc(-c2ccc(N)c(O)c2)n[nH]1. The molecule has 2 aromatic rings. The summed E-state index contributed by atoms with van der Waals surface area (Å²) in [7, 11) is 0. The van der Waals surface area contributed by atoms with Gasteiger partial charge in [0.2, 0.25) is 5.82 Å². The van der Waals surface area contributed by atoms with Crippen LogP contribution in [0.2, 0.25) is 0 Å². The molecule has 0 atom stereocenters. The minimum Gasteiger partial charge on any atom is -0.506 e. The molecule has 7 nitrogen and oxygen atoms in total. The number of benzene rings is 1. The number of hydrogen-bond donors (Lipinski definition) is 3. The van der Waals surface area contributed by atoms with Crippen molar-refractivity contribution in [3.63, 3.8) is 0 Å². The van der Waals surface area contributed by atoms with E-state index in [-0.39, 0.29) is 29.7 Å². The van der Waals surface area contributed by atoms with E-state index < -0.39 is 5.97 Å². The minimum atomic E-state index is -0.573. The number of aromatic hydroxyl groups is 1. The molecule has 0 spiro atoms. The van der Waals surface area contributed by atoms with Crippen LogP contribution in [-0.2, 0) is 4.74 Å². The van der Waals surface area contributed by atoms with Crippen LogP contribution >= 0.6 is 0 Å². The van der Waals surface area contributed by atoms with Crippen LogP contribution in [-0.4, -0.2) is 32.9 Å². The third kappa shape index (κ3) is 2.24. The molecule has 2 rings (SSSR count). The van der Waals surface area contributed by atoms with E-state index >= 15 is 0 Å². The van der Waals surface area contributed by atoms with Crippen molar-refractivity contribution in [2.45, 2.75) is 6.92 Å². The molecule has 4 N–H and O–H groups in total. The molecule has 1 heterocycles. The molecule has 0 bridgehead atoms. The van der Waals surface area contributed by atoms with Crippen LogP contribution in [0.3, 0.4) is 0 Å². The number of aromatic amines is 1. The van der Waals surface area contributed by atoms with E-state index in [1.165, 1.54) is 12.1 Å². The Labute approximate surface area is 103 Å². The van der Waals surface area contributed by atoms with Crippen LogP contribution in [0.4, 0.5) is 5.69 Å². The van der Waals surface area contributed by atoms with Gasteiger partial charge in [-0.05, 0) is 25.1 Å². The Bertz CT molecular complexity index is 579. The Hall–Kier alpha value is -2.57. The van der Waals surface area contributed by atoms with Crippen molar-refractivity contribution >= 4 is 11.7 Å². The summed E-state index contributed by atoms with van der Waals surface area (Å²) in [5, 5.41) is 15.8. The number of nitrogens with two attached hydrogens (primary N) is 1. The Balaban J connectivity index is 2.29. The lowest BCUT2D eigenvalue weighted by Gasteiger charge is -1.99. The largest absolute Gasteiger partial charge is 0.506 e. The smallest absolute Gasteiger partial charge is 0.375 e. The van der Waals surface area contributed by atoms with Crippen molar-refractivity contribution in [3.8, 4) is 17.1 Å². The summed E-state index contributed by atoms with van der Waals surface area (Å²) < 4.78 is 4.78. The highest BCUT2D eigenvalue weighted by Crippen LogP contribution is 2.25. The molecule has 94 valence electrons. The number of carbonyl (C=O) groups is 1. The number of nitrogens with zero attached hydrogens (tertiary/aromatic N) is 2. The summed E-state index contributed by atoms with van der Waals surface area (Å²) in [6.07, 6.45) is 0. The van der Waals surface area contributed by atoms with Crippen molar-refractivity contribution in [1.29, 1.82) is 0 Å². The highest BCUT2D eigenvalue weighted by atomic mass is 16.5. The van der Waals surface area contributed by atoms with E-state index in [1.54, 1.807) is 13.0 Å². The maximum atomic E-state index is 11.4.